The molecule has 2 heterocycles. The lowest BCUT2D eigenvalue weighted by Crippen LogP contribution is -2.55. The van der Waals surface area contributed by atoms with Crippen LogP contribution in [0.25, 0.3) is 16.9 Å². The van der Waals surface area contributed by atoms with Crippen molar-refractivity contribution in [3.05, 3.63) is 108 Å². The predicted molar refractivity (Wildman–Crippen MR) is 135 cm³/mol. The molecule has 0 bridgehead atoms. The quantitative estimate of drug-likeness (QED) is 0.439. The van der Waals surface area contributed by atoms with Gasteiger partial charge in [0.05, 0.1) is 11.3 Å². The molecule has 5 rings (SSSR count). The van der Waals surface area contributed by atoms with Crippen LogP contribution in [-0.2, 0) is 22.6 Å². The van der Waals surface area contributed by atoms with Gasteiger partial charge in [-0.2, -0.15) is 5.10 Å². The molecule has 3 amide bonds. The Kier molecular flexibility index (Phi) is 6.32. The second kappa shape index (κ2) is 9.87. The van der Waals surface area contributed by atoms with Gasteiger partial charge in [-0.1, -0.05) is 72.8 Å². The van der Waals surface area contributed by atoms with Gasteiger partial charge in [-0.3, -0.25) is 25.2 Å². The third-order valence-corrected chi connectivity index (χ3v) is 6.28. The summed E-state index contributed by atoms with van der Waals surface area (Å²) in [5.41, 5.74) is 9.45. The number of fused-ring (bicyclic) bond motifs is 1. The topological polar surface area (TPSA) is 96.3 Å². The number of hydrogen-bond donors (Lipinski definition) is 2. The highest BCUT2D eigenvalue weighted by molar-refractivity contribution is 6.01. The Morgan fingerprint density at radius 2 is 1.47 bits per heavy atom. The normalized spacial score (nSPS) is 14.6. The van der Waals surface area contributed by atoms with Gasteiger partial charge in [0.2, 0.25) is 5.91 Å². The monoisotopic (exact) mass is 479 g/mol. The minimum absolute atomic E-state index is 0.202. The Bertz CT molecular complexity index is 1420. The molecule has 1 aliphatic rings. The van der Waals surface area contributed by atoms with Crippen molar-refractivity contribution in [2.75, 3.05) is 0 Å². The number of para-hydroxylation sites is 1. The molecule has 0 spiro atoms. The molecule has 8 heteroatoms. The second-order valence-electron chi connectivity index (χ2n) is 8.62. The standard InChI is InChI=1S/C28H25N5O3/c1-19(34)32-17-22-13-9-8-12-21(22)16-25(32)28(36)30-29-27(35)24-18-33(23-14-6-3-7-15-23)31-26(24)20-10-4-2-5-11-20/h2-15,18,25H,16-17H2,1H3,(H,29,35)(H,30,36)/t25-/m1/s1. The minimum atomic E-state index is -0.724. The summed E-state index contributed by atoms with van der Waals surface area (Å²) in [5.74, 6) is -1.16. The van der Waals surface area contributed by atoms with E-state index in [2.05, 4.69) is 16.0 Å². The first-order chi connectivity index (χ1) is 17.5. The molecule has 1 aliphatic heterocycles. The fourth-order valence-corrected chi connectivity index (χ4v) is 4.42. The molecule has 8 nitrogen and oxygen atoms in total. The summed E-state index contributed by atoms with van der Waals surface area (Å²) in [7, 11) is 0. The van der Waals surface area contributed by atoms with Crippen LogP contribution in [0.3, 0.4) is 0 Å². The van der Waals surface area contributed by atoms with Crippen molar-refractivity contribution in [2.45, 2.75) is 25.9 Å². The van der Waals surface area contributed by atoms with Crippen LogP contribution < -0.4 is 10.9 Å². The van der Waals surface area contributed by atoms with E-state index in [0.717, 1.165) is 22.4 Å². The van der Waals surface area contributed by atoms with Gasteiger partial charge >= 0.3 is 0 Å². The molecule has 0 saturated heterocycles. The van der Waals surface area contributed by atoms with Crippen molar-refractivity contribution in [1.82, 2.24) is 25.5 Å². The molecule has 36 heavy (non-hydrogen) atoms. The van der Waals surface area contributed by atoms with Gasteiger partial charge in [-0.25, -0.2) is 4.68 Å². The smallest absolute Gasteiger partial charge is 0.273 e. The first-order valence-corrected chi connectivity index (χ1v) is 11.7. The largest absolute Gasteiger partial charge is 0.326 e. The molecule has 0 unspecified atom stereocenters. The molecule has 3 aromatic carbocycles. The van der Waals surface area contributed by atoms with E-state index in [1.165, 1.54) is 11.8 Å². The SMILES string of the molecule is CC(=O)N1Cc2ccccc2C[C@@H]1C(=O)NNC(=O)c1cn(-c2ccccc2)nc1-c1ccccc1. The summed E-state index contributed by atoms with van der Waals surface area (Å²) in [5, 5.41) is 4.64. The fourth-order valence-electron chi connectivity index (χ4n) is 4.42. The summed E-state index contributed by atoms with van der Waals surface area (Å²) < 4.78 is 1.63. The van der Waals surface area contributed by atoms with Crippen molar-refractivity contribution in [1.29, 1.82) is 0 Å². The fraction of sp³-hybridized carbons (Fsp3) is 0.143. The average Bonchev–Trinajstić information content (AvgIpc) is 3.37. The molecule has 1 aromatic heterocycles. The summed E-state index contributed by atoms with van der Waals surface area (Å²) >= 11 is 0. The molecule has 0 radical (unpaired) electrons. The van der Waals surface area contributed by atoms with Crippen molar-refractivity contribution >= 4 is 17.7 Å². The second-order valence-corrected chi connectivity index (χ2v) is 8.62. The molecule has 2 N–H and O–H groups in total. The number of amides is 3. The maximum atomic E-state index is 13.2. The highest BCUT2D eigenvalue weighted by atomic mass is 16.2. The van der Waals surface area contributed by atoms with Crippen LogP contribution in [0.2, 0.25) is 0 Å². The van der Waals surface area contributed by atoms with Gasteiger partial charge in [0.25, 0.3) is 11.8 Å². The zero-order chi connectivity index (χ0) is 25.1. The lowest BCUT2D eigenvalue weighted by atomic mass is 9.93. The molecule has 0 aliphatic carbocycles. The third-order valence-electron chi connectivity index (χ3n) is 6.28. The predicted octanol–water partition coefficient (Wildman–Crippen LogP) is 3.27. The van der Waals surface area contributed by atoms with Gasteiger partial charge in [0, 0.05) is 31.6 Å². The van der Waals surface area contributed by atoms with Gasteiger partial charge in [-0.05, 0) is 23.3 Å². The van der Waals surface area contributed by atoms with Crippen LogP contribution in [0.15, 0.2) is 91.1 Å². The molecule has 4 aromatic rings. The van der Waals surface area contributed by atoms with Crippen molar-refractivity contribution in [3.8, 4) is 16.9 Å². The average molecular weight is 480 g/mol. The zero-order valence-electron chi connectivity index (χ0n) is 19.7. The van der Waals surface area contributed by atoms with Crippen LogP contribution in [-0.4, -0.2) is 38.4 Å². The maximum absolute atomic E-state index is 13.2. The first kappa shape index (κ1) is 23.0. The van der Waals surface area contributed by atoms with Gasteiger partial charge < -0.3 is 4.90 Å². The number of benzene rings is 3. The Labute approximate surface area is 208 Å². The maximum Gasteiger partial charge on any atom is 0.273 e. The molecular weight excluding hydrogens is 454 g/mol. The number of carbonyl (C=O) groups is 3. The number of nitrogens with one attached hydrogen (secondary N) is 2. The number of hydrazine groups is 1. The highest BCUT2D eigenvalue weighted by Crippen LogP contribution is 2.25. The molecule has 180 valence electrons. The highest BCUT2D eigenvalue weighted by Gasteiger charge is 2.33. The number of carbonyl (C=O) groups excluding carboxylic acids is 3. The van der Waals surface area contributed by atoms with Crippen LogP contribution in [0.1, 0.15) is 28.4 Å². The third kappa shape index (κ3) is 4.61. The zero-order valence-corrected chi connectivity index (χ0v) is 19.7. The van der Waals surface area contributed by atoms with E-state index >= 15 is 0 Å². The van der Waals surface area contributed by atoms with Crippen molar-refractivity contribution in [2.24, 2.45) is 0 Å². The number of rotatable bonds is 4. The van der Waals surface area contributed by atoms with Crippen molar-refractivity contribution < 1.29 is 14.4 Å². The van der Waals surface area contributed by atoms with Crippen molar-refractivity contribution in [3.63, 3.8) is 0 Å². The minimum Gasteiger partial charge on any atom is -0.326 e. The van der Waals surface area contributed by atoms with Crippen LogP contribution in [0.4, 0.5) is 0 Å². The summed E-state index contributed by atoms with van der Waals surface area (Å²) in [6.45, 7) is 1.79. The summed E-state index contributed by atoms with van der Waals surface area (Å²) in [6, 6.07) is 25.9. The van der Waals surface area contributed by atoms with E-state index in [1.54, 1.807) is 10.9 Å². The van der Waals surface area contributed by atoms with Gasteiger partial charge in [0.1, 0.15) is 11.7 Å². The van der Waals surface area contributed by atoms with Gasteiger partial charge in [-0.15, -0.1) is 0 Å². The van der Waals surface area contributed by atoms with E-state index in [-0.39, 0.29) is 5.91 Å². The Hall–Kier alpha value is -4.72. The summed E-state index contributed by atoms with van der Waals surface area (Å²) in [6.07, 6.45) is 2.01. The van der Waals surface area contributed by atoms with E-state index in [0.29, 0.717) is 24.2 Å². The van der Waals surface area contributed by atoms with E-state index in [4.69, 9.17) is 0 Å². The van der Waals surface area contributed by atoms with Crippen LogP contribution >= 0.6 is 0 Å². The van der Waals surface area contributed by atoms with Crippen LogP contribution in [0.5, 0.6) is 0 Å². The van der Waals surface area contributed by atoms with E-state index < -0.39 is 17.9 Å². The molecule has 1 atom stereocenters. The lowest BCUT2D eigenvalue weighted by Gasteiger charge is -2.35. The number of hydrogen-bond acceptors (Lipinski definition) is 4. The Balaban J connectivity index is 1.37. The lowest BCUT2D eigenvalue weighted by molar-refractivity contribution is -0.140. The number of aromatic nitrogens is 2. The van der Waals surface area contributed by atoms with Crippen LogP contribution in [0, 0.1) is 0 Å². The molecule has 0 saturated carbocycles. The van der Waals surface area contributed by atoms with E-state index in [1.807, 2.05) is 84.9 Å². The molecular formula is C28H25N5O3. The summed E-state index contributed by atoms with van der Waals surface area (Å²) in [4.78, 5) is 40.1. The Morgan fingerprint density at radius 1 is 0.833 bits per heavy atom. The first-order valence-electron chi connectivity index (χ1n) is 11.7. The van der Waals surface area contributed by atoms with E-state index in [9.17, 15) is 14.4 Å². The molecule has 0 fully saturated rings. The van der Waals surface area contributed by atoms with Gasteiger partial charge in [0.15, 0.2) is 0 Å². The Morgan fingerprint density at radius 3 is 2.17 bits per heavy atom. The number of nitrogens with zero attached hydrogens (tertiary/aromatic N) is 3.